The first kappa shape index (κ1) is 13.4. The van der Waals surface area contributed by atoms with Crippen molar-refractivity contribution in [3.63, 3.8) is 0 Å². The molecule has 4 heteroatoms. The topological polar surface area (TPSA) is 64.3 Å². The summed E-state index contributed by atoms with van der Waals surface area (Å²) in [4.78, 5) is 11.5. The van der Waals surface area contributed by atoms with Crippen molar-refractivity contribution in [2.24, 2.45) is 5.92 Å². The van der Waals surface area contributed by atoms with Gasteiger partial charge in [-0.05, 0) is 31.0 Å². The van der Waals surface area contributed by atoms with Crippen LogP contribution in [0, 0.1) is 5.92 Å². The highest BCUT2D eigenvalue weighted by molar-refractivity contribution is 5.91. The predicted octanol–water partition coefficient (Wildman–Crippen LogP) is 2.51. The fourth-order valence-electron chi connectivity index (χ4n) is 1.38. The van der Waals surface area contributed by atoms with Crippen LogP contribution in [0.5, 0.6) is 0 Å². The Labute approximate surface area is 102 Å². The monoisotopic (exact) mass is 236 g/mol. The number of nitrogens with two attached hydrogens (primary N) is 1. The number of benzene rings is 1. The van der Waals surface area contributed by atoms with Gasteiger partial charge in [-0.3, -0.25) is 0 Å². The third-order valence-electron chi connectivity index (χ3n) is 2.26. The second-order valence-corrected chi connectivity index (χ2v) is 4.30. The lowest BCUT2D eigenvalue weighted by molar-refractivity contribution is 0.0526. The largest absolute Gasteiger partial charge is 0.462 e. The van der Waals surface area contributed by atoms with Crippen LogP contribution < -0.4 is 11.1 Å². The molecule has 1 rings (SSSR count). The van der Waals surface area contributed by atoms with E-state index in [9.17, 15) is 4.79 Å². The molecule has 0 fully saturated rings. The molecule has 17 heavy (non-hydrogen) atoms. The van der Waals surface area contributed by atoms with E-state index in [0.717, 1.165) is 12.2 Å². The molecule has 0 saturated carbocycles. The second-order valence-electron chi connectivity index (χ2n) is 4.30. The molecule has 1 aromatic carbocycles. The molecule has 0 atom stereocenters. The molecule has 0 bridgehead atoms. The molecule has 0 unspecified atom stereocenters. The summed E-state index contributed by atoms with van der Waals surface area (Å²) >= 11 is 0. The Morgan fingerprint density at radius 3 is 2.71 bits per heavy atom. The van der Waals surface area contributed by atoms with E-state index in [1.54, 1.807) is 19.1 Å². The second kappa shape index (κ2) is 6.13. The van der Waals surface area contributed by atoms with Gasteiger partial charge in [-0.1, -0.05) is 13.8 Å². The molecule has 0 spiro atoms. The van der Waals surface area contributed by atoms with Crippen LogP contribution in [0.1, 0.15) is 31.1 Å². The van der Waals surface area contributed by atoms with Crippen LogP contribution in [-0.2, 0) is 4.74 Å². The van der Waals surface area contributed by atoms with Gasteiger partial charge in [0.15, 0.2) is 0 Å². The first-order valence-corrected chi connectivity index (χ1v) is 5.85. The molecule has 4 nitrogen and oxygen atoms in total. The Balaban J connectivity index is 2.75. The van der Waals surface area contributed by atoms with Gasteiger partial charge in [-0.2, -0.15) is 0 Å². The smallest absolute Gasteiger partial charge is 0.338 e. The molecule has 0 amide bonds. The average molecular weight is 236 g/mol. The maximum Gasteiger partial charge on any atom is 0.338 e. The summed E-state index contributed by atoms with van der Waals surface area (Å²) in [7, 11) is 0. The average Bonchev–Trinajstić information content (AvgIpc) is 2.27. The molecule has 0 aliphatic carbocycles. The van der Waals surface area contributed by atoms with Crippen LogP contribution in [0.25, 0.3) is 0 Å². The normalized spacial score (nSPS) is 10.4. The van der Waals surface area contributed by atoms with Gasteiger partial charge in [0.05, 0.1) is 23.5 Å². The maximum atomic E-state index is 11.5. The zero-order valence-corrected chi connectivity index (χ0v) is 10.6. The number of carbonyl (C=O) groups is 1. The minimum absolute atomic E-state index is 0.338. The minimum Gasteiger partial charge on any atom is -0.462 e. The van der Waals surface area contributed by atoms with Gasteiger partial charge in [-0.25, -0.2) is 4.79 Å². The summed E-state index contributed by atoms with van der Waals surface area (Å²) in [5.41, 5.74) is 7.78. The van der Waals surface area contributed by atoms with Gasteiger partial charge in [0.1, 0.15) is 0 Å². The van der Waals surface area contributed by atoms with Crippen LogP contribution in [0.2, 0.25) is 0 Å². The molecule has 0 aliphatic rings. The first-order valence-electron chi connectivity index (χ1n) is 5.85. The number of esters is 1. The number of anilines is 2. The fourth-order valence-corrected chi connectivity index (χ4v) is 1.38. The van der Waals surface area contributed by atoms with Crippen LogP contribution in [0.3, 0.4) is 0 Å². The molecule has 0 radical (unpaired) electrons. The lowest BCUT2D eigenvalue weighted by atomic mass is 10.1. The quantitative estimate of drug-likeness (QED) is 0.609. The molecule has 3 N–H and O–H groups in total. The number of nitrogen functional groups attached to an aromatic ring is 1. The van der Waals surface area contributed by atoms with Crippen LogP contribution >= 0.6 is 0 Å². The van der Waals surface area contributed by atoms with Gasteiger partial charge in [0.2, 0.25) is 0 Å². The number of carbonyl (C=O) groups excluding carboxylic acids is 1. The number of nitrogens with one attached hydrogen (secondary N) is 1. The number of hydrogen-bond donors (Lipinski definition) is 2. The molecule has 0 aliphatic heterocycles. The van der Waals surface area contributed by atoms with E-state index in [2.05, 4.69) is 19.2 Å². The maximum absolute atomic E-state index is 11.5. The summed E-state index contributed by atoms with van der Waals surface area (Å²) in [6.45, 7) is 7.24. The number of ether oxygens (including phenoxy) is 1. The lowest BCUT2D eigenvalue weighted by Gasteiger charge is -2.12. The van der Waals surface area contributed by atoms with Gasteiger partial charge < -0.3 is 15.8 Å². The van der Waals surface area contributed by atoms with Crippen molar-refractivity contribution in [2.75, 3.05) is 24.2 Å². The summed E-state index contributed by atoms with van der Waals surface area (Å²) < 4.78 is 4.91. The van der Waals surface area contributed by atoms with E-state index in [1.165, 1.54) is 0 Å². The van der Waals surface area contributed by atoms with Crippen molar-refractivity contribution >= 4 is 17.3 Å². The number of hydrogen-bond acceptors (Lipinski definition) is 4. The van der Waals surface area contributed by atoms with Crippen LogP contribution in [0.15, 0.2) is 18.2 Å². The van der Waals surface area contributed by atoms with Crippen molar-refractivity contribution in [1.29, 1.82) is 0 Å². The van der Waals surface area contributed by atoms with Crippen molar-refractivity contribution in [2.45, 2.75) is 20.8 Å². The van der Waals surface area contributed by atoms with Crippen LogP contribution in [0.4, 0.5) is 11.4 Å². The van der Waals surface area contributed by atoms with Gasteiger partial charge in [0.25, 0.3) is 0 Å². The highest BCUT2D eigenvalue weighted by Gasteiger charge is 2.08. The van der Waals surface area contributed by atoms with Crippen LogP contribution in [-0.4, -0.2) is 19.1 Å². The first-order chi connectivity index (χ1) is 8.04. The molecular weight excluding hydrogens is 216 g/mol. The zero-order chi connectivity index (χ0) is 12.8. The standard InChI is InChI=1S/C13H20N2O2/c1-4-17-13(16)10-5-6-12(11(14)7-10)15-8-9(2)3/h5-7,9,15H,4,8,14H2,1-3H3. The molecule has 0 saturated heterocycles. The Bertz CT molecular complexity index is 389. The molecule has 0 heterocycles. The molecular formula is C13H20N2O2. The van der Waals surface area contributed by atoms with E-state index in [1.807, 2.05) is 6.07 Å². The minimum atomic E-state index is -0.338. The Hall–Kier alpha value is -1.71. The van der Waals surface area contributed by atoms with E-state index in [0.29, 0.717) is 23.8 Å². The fraction of sp³-hybridized carbons (Fsp3) is 0.462. The van der Waals surface area contributed by atoms with Gasteiger partial charge in [0, 0.05) is 6.54 Å². The van der Waals surface area contributed by atoms with E-state index in [4.69, 9.17) is 10.5 Å². The lowest BCUT2D eigenvalue weighted by Crippen LogP contribution is -2.11. The van der Waals surface area contributed by atoms with E-state index < -0.39 is 0 Å². The Kier molecular flexibility index (Phi) is 4.82. The van der Waals surface area contributed by atoms with E-state index >= 15 is 0 Å². The summed E-state index contributed by atoms with van der Waals surface area (Å²) in [6, 6.07) is 5.17. The zero-order valence-electron chi connectivity index (χ0n) is 10.6. The molecule has 1 aromatic rings. The van der Waals surface area contributed by atoms with Crippen molar-refractivity contribution in [3.05, 3.63) is 23.8 Å². The van der Waals surface area contributed by atoms with Gasteiger partial charge >= 0.3 is 5.97 Å². The molecule has 0 aromatic heterocycles. The van der Waals surface area contributed by atoms with Crippen molar-refractivity contribution in [1.82, 2.24) is 0 Å². The third-order valence-corrected chi connectivity index (χ3v) is 2.26. The Morgan fingerprint density at radius 2 is 2.18 bits per heavy atom. The molecule has 94 valence electrons. The SMILES string of the molecule is CCOC(=O)c1ccc(NCC(C)C)c(N)c1. The summed E-state index contributed by atoms with van der Waals surface area (Å²) in [6.07, 6.45) is 0. The summed E-state index contributed by atoms with van der Waals surface area (Å²) in [5, 5.41) is 3.23. The van der Waals surface area contributed by atoms with Crippen molar-refractivity contribution < 1.29 is 9.53 Å². The predicted molar refractivity (Wildman–Crippen MR) is 70.1 cm³/mol. The van der Waals surface area contributed by atoms with Gasteiger partial charge in [-0.15, -0.1) is 0 Å². The Morgan fingerprint density at radius 1 is 1.47 bits per heavy atom. The number of rotatable bonds is 5. The van der Waals surface area contributed by atoms with Crippen molar-refractivity contribution in [3.8, 4) is 0 Å². The third kappa shape index (κ3) is 3.98. The summed E-state index contributed by atoms with van der Waals surface area (Å²) in [5.74, 6) is 0.203. The highest BCUT2D eigenvalue weighted by atomic mass is 16.5. The highest BCUT2D eigenvalue weighted by Crippen LogP contribution is 2.20. The van der Waals surface area contributed by atoms with E-state index in [-0.39, 0.29) is 5.97 Å².